The molecule has 0 aliphatic carbocycles. The fourth-order valence-corrected chi connectivity index (χ4v) is 1.48. The predicted octanol–water partition coefficient (Wildman–Crippen LogP) is 1.80. The first-order valence-corrected chi connectivity index (χ1v) is 4.74. The summed E-state index contributed by atoms with van der Waals surface area (Å²) in [5.41, 5.74) is -0.366. The lowest BCUT2D eigenvalue weighted by atomic mass is 9.79. The Balaban J connectivity index is 4.07. The van der Waals surface area contributed by atoms with Crippen LogP contribution in [0.4, 0.5) is 0 Å². The highest BCUT2D eigenvalue weighted by Gasteiger charge is 2.30. The van der Waals surface area contributed by atoms with Crippen LogP contribution >= 0.6 is 0 Å². The maximum Gasteiger partial charge on any atom is 0.0638 e. The van der Waals surface area contributed by atoms with E-state index in [0.29, 0.717) is 0 Å². The molecule has 0 rings (SSSR count). The summed E-state index contributed by atoms with van der Waals surface area (Å²) in [5.74, 6) is 0.275. The van der Waals surface area contributed by atoms with E-state index < -0.39 is 6.10 Å². The summed E-state index contributed by atoms with van der Waals surface area (Å²) in [6.07, 6.45) is 1.70. The van der Waals surface area contributed by atoms with Gasteiger partial charge in [-0.1, -0.05) is 34.1 Å². The molecule has 2 unspecified atom stereocenters. The fraction of sp³-hybridized carbons (Fsp3) is 1.00. The number of hydrogen-bond acceptors (Lipinski definition) is 2. The van der Waals surface area contributed by atoms with Crippen molar-refractivity contribution in [3.05, 3.63) is 0 Å². The molecule has 0 aromatic heterocycles. The summed E-state index contributed by atoms with van der Waals surface area (Å²) in [7, 11) is 0. The minimum atomic E-state index is -0.401. The van der Waals surface area contributed by atoms with E-state index in [2.05, 4.69) is 6.92 Å². The summed E-state index contributed by atoms with van der Waals surface area (Å²) < 4.78 is 0. The van der Waals surface area contributed by atoms with Crippen molar-refractivity contribution in [1.29, 1.82) is 0 Å². The molecule has 2 N–H and O–H groups in total. The molecule has 2 nitrogen and oxygen atoms in total. The van der Waals surface area contributed by atoms with Gasteiger partial charge in [-0.15, -0.1) is 0 Å². The first kappa shape index (κ1) is 11.9. The second kappa shape index (κ2) is 4.83. The molecule has 0 aliphatic rings. The molecule has 74 valence electrons. The summed E-state index contributed by atoms with van der Waals surface area (Å²) >= 11 is 0. The van der Waals surface area contributed by atoms with Crippen LogP contribution in [0.25, 0.3) is 0 Å². The molecule has 2 heteroatoms. The van der Waals surface area contributed by atoms with Crippen molar-refractivity contribution >= 4 is 0 Å². The van der Waals surface area contributed by atoms with Crippen LogP contribution in [0.5, 0.6) is 0 Å². The van der Waals surface area contributed by atoms with Crippen molar-refractivity contribution in [1.82, 2.24) is 0 Å². The molecule has 0 spiro atoms. The van der Waals surface area contributed by atoms with Crippen LogP contribution in [0.15, 0.2) is 0 Å². The highest BCUT2D eigenvalue weighted by atomic mass is 16.3. The zero-order chi connectivity index (χ0) is 9.78. The van der Waals surface area contributed by atoms with E-state index in [1.165, 1.54) is 0 Å². The van der Waals surface area contributed by atoms with E-state index in [9.17, 15) is 5.11 Å². The van der Waals surface area contributed by atoms with Crippen LogP contribution in [-0.2, 0) is 0 Å². The van der Waals surface area contributed by atoms with Gasteiger partial charge in [0.05, 0.1) is 12.7 Å². The minimum absolute atomic E-state index is 0.0439. The van der Waals surface area contributed by atoms with E-state index >= 15 is 0 Å². The van der Waals surface area contributed by atoms with Gasteiger partial charge in [0.25, 0.3) is 0 Å². The molecule has 0 aliphatic heterocycles. The first-order valence-electron chi connectivity index (χ1n) is 4.74. The van der Waals surface area contributed by atoms with Gasteiger partial charge >= 0.3 is 0 Å². The van der Waals surface area contributed by atoms with Crippen LogP contribution < -0.4 is 0 Å². The third kappa shape index (κ3) is 3.11. The lowest BCUT2D eigenvalue weighted by Crippen LogP contribution is -2.37. The van der Waals surface area contributed by atoms with E-state index in [1.807, 2.05) is 20.8 Å². The van der Waals surface area contributed by atoms with Crippen molar-refractivity contribution in [3.63, 3.8) is 0 Å². The van der Waals surface area contributed by atoms with Crippen LogP contribution in [-0.4, -0.2) is 22.9 Å². The zero-order valence-corrected chi connectivity index (χ0v) is 8.67. The van der Waals surface area contributed by atoms with Gasteiger partial charge in [-0.25, -0.2) is 0 Å². The SMILES string of the molecule is CCCC(C)C(O)C(C)(C)CO. The van der Waals surface area contributed by atoms with Crippen LogP contribution in [0, 0.1) is 11.3 Å². The van der Waals surface area contributed by atoms with Crippen molar-refractivity contribution in [2.24, 2.45) is 11.3 Å². The van der Waals surface area contributed by atoms with Gasteiger partial charge in [0.2, 0.25) is 0 Å². The maximum atomic E-state index is 9.82. The highest BCUT2D eigenvalue weighted by Crippen LogP contribution is 2.27. The molecule has 0 aromatic carbocycles. The Morgan fingerprint density at radius 1 is 1.33 bits per heavy atom. The summed E-state index contributed by atoms with van der Waals surface area (Å²) in [4.78, 5) is 0. The summed E-state index contributed by atoms with van der Waals surface area (Å²) in [6.45, 7) is 7.97. The Labute approximate surface area is 75.6 Å². The molecule has 0 bridgehead atoms. The largest absolute Gasteiger partial charge is 0.396 e. The average Bonchev–Trinajstić information content (AvgIpc) is 2.03. The molecule has 0 aromatic rings. The van der Waals surface area contributed by atoms with Gasteiger partial charge in [-0.3, -0.25) is 0 Å². The van der Waals surface area contributed by atoms with Crippen molar-refractivity contribution in [2.75, 3.05) is 6.61 Å². The maximum absolute atomic E-state index is 9.82. The van der Waals surface area contributed by atoms with E-state index in [1.54, 1.807) is 0 Å². The Kier molecular flexibility index (Phi) is 4.80. The van der Waals surface area contributed by atoms with Crippen molar-refractivity contribution in [3.8, 4) is 0 Å². The van der Waals surface area contributed by atoms with Gasteiger partial charge in [0.1, 0.15) is 0 Å². The number of aliphatic hydroxyl groups excluding tert-OH is 2. The topological polar surface area (TPSA) is 40.5 Å². The van der Waals surface area contributed by atoms with Gasteiger partial charge in [-0.2, -0.15) is 0 Å². The molecule has 0 radical (unpaired) electrons. The molecule has 0 heterocycles. The Hall–Kier alpha value is -0.0800. The second-order valence-corrected chi connectivity index (χ2v) is 4.36. The molecule has 0 saturated heterocycles. The van der Waals surface area contributed by atoms with Gasteiger partial charge in [0, 0.05) is 5.41 Å². The monoisotopic (exact) mass is 174 g/mol. The van der Waals surface area contributed by atoms with Crippen LogP contribution in [0.3, 0.4) is 0 Å². The van der Waals surface area contributed by atoms with Gasteiger partial charge < -0.3 is 10.2 Å². The third-order valence-corrected chi connectivity index (χ3v) is 2.49. The predicted molar refractivity (Wildman–Crippen MR) is 50.9 cm³/mol. The van der Waals surface area contributed by atoms with E-state index in [0.717, 1.165) is 12.8 Å². The van der Waals surface area contributed by atoms with E-state index in [4.69, 9.17) is 5.11 Å². The Bertz CT molecular complexity index is 121. The molecule has 0 saturated carbocycles. The normalized spacial score (nSPS) is 17.5. The molecular formula is C10H22O2. The van der Waals surface area contributed by atoms with Crippen molar-refractivity contribution < 1.29 is 10.2 Å². The number of hydrogen-bond donors (Lipinski definition) is 2. The standard InChI is InChI=1S/C10H22O2/c1-5-6-8(2)9(12)10(3,4)7-11/h8-9,11-12H,5-7H2,1-4H3. The van der Waals surface area contributed by atoms with Crippen LogP contribution in [0.2, 0.25) is 0 Å². The van der Waals surface area contributed by atoms with E-state index in [-0.39, 0.29) is 17.9 Å². The lowest BCUT2D eigenvalue weighted by Gasteiger charge is -2.32. The highest BCUT2D eigenvalue weighted by molar-refractivity contribution is 4.80. The fourth-order valence-electron chi connectivity index (χ4n) is 1.48. The third-order valence-electron chi connectivity index (χ3n) is 2.49. The molecular weight excluding hydrogens is 152 g/mol. The summed E-state index contributed by atoms with van der Waals surface area (Å²) in [6, 6.07) is 0. The van der Waals surface area contributed by atoms with Gasteiger partial charge in [0.15, 0.2) is 0 Å². The molecule has 12 heavy (non-hydrogen) atoms. The van der Waals surface area contributed by atoms with Crippen molar-refractivity contribution in [2.45, 2.75) is 46.6 Å². The molecule has 0 amide bonds. The van der Waals surface area contributed by atoms with Gasteiger partial charge in [-0.05, 0) is 12.3 Å². The quantitative estimate of drug-likeness (QED) is 0.667. The Morgan fingerprint density at radius 3 is 2.17 bits per heavy atom. The zero-order valence-electron chi connectivity index (χ0n) is 8.67. The number of aliphatic hydroxyl groups is 2. The number of rotatable bonds is 5. The molecule has 0 fully saturated rings. The molecule has 2 atom stereocenters. The minimum Gasteiger partial charge on any atom is -0.396 e. The summed E-state index contributed by atoms with van der Waals surface area (Å²) in [5, 5.41) is 18.8. The second-order valence-electron chi connectivity index (χ2n) is 4.36. The average molecular weight is 174 g/mol. The Morgan fingerprint density at radius 2 is 1.83 bits per heavy atom. The van der Waals surface area contributed by atoms with Crippen LogP contribution in [0.1, 0.15) is 40.5 Å². The lowest BCUT2D eigenvalue weighted by molar-refractivity contribution is -0.0272. The smallest absolute Gasteiger partial charge is 0.0638 e. The first-order chi connectivity index (χ1) is 5.45.